The van der Waals surface area contributed by atoms with Gasteiger partial charge in [0, 0.05) is 21.4 Å². The molecule has 0 saturated carbocycles. The van der Waals surface area contributed by atoms with Crippen LogP contribution in [0, 0.1) is 0 Å². The Balaban J connectivity index is 1.52. The number of halogens is 2. The van der Waals surface area contributed by atoms with Crippen LogP contribution in [0.2, 0.25) is 0 Å². The molecule has 2 N–H and O–H groups in total. The number of benzene rings is 3. The highest BCUT2D eigenvalue weighted by molar-refractivity contribution is 9.10. The molecule has 172 valence electrons. The van der Waals surface area contributed by atoms with Gasteiger partial charge in [-0.3, -0.25) is 14.4 Å². The normalized spacial score (nSPS) is 13.6. The van der Waals surface area contributed by atoms with Crippen LogP contribution < -0.4 is 15.5 Å². The molecule has 0 aromatic heterocycles. The Labute approximate surface area is 210 Å². The molecule has 0 saturated heterocycles. The van der Waals surface area contributed by atoms with Crippen molar-refractivity contribution in [1.29, 1.82) is 0 Å². The topological polar surface area (TPSA) is 78.5 Å². The van der Waals surface area contributed by atoms with Gasteiger partial charge in [0.05, 0.1) is 5.69 Å². The van der Waals surface area contributed by atoms with Gasteiger partial charge in [0.15, 0.2) is 0 Å². The third-order valence-corrected chi connectivity index (χ3v) is 6.22. The van der Waals surface area contributed by atoms with E-state index >= 15 is 0 Å². The molecule has 3 aromatic rings. The first-order valence-corrected chi connectivity index (χ1v) is 11.7. The Morgan fingerprint density at radius 2 is 1.59 bits per heavy atom. The summed E-state index contributed by atoms with van der Waals surface area (Å²) in [4.78, 5) is 39.5. The summed E-state index contributed by atoms with van der Waals surface area (Å²) in [6.45, 7) is 4.13. The number of hydrogen-bond donors (Lipinski definition) is 2. The fourth-order valence-electron chi connectivity index (χ4n) is 3.47. The Morgan fingerprint density at radius 3 is 2.24 bits per heavy atom. The molecule has 3 aromatic carbocycles. The second kappa shape index (κ2) is 9.83. The molecule has 4 rings (SSSR count). The lowest BCUT2D eigenvalue weighted by Gasteiger charge is -2.16. The second-order valence-electron chi connectivity index (χ2n) is 8.05. The predicted molar refractivity (Wildman–Crippen MR) is 138 cm³/mol. The molecule has 0 atom stereocenters. The van der Waals surface area contributed by atoms with Crippen LogP contribution in [0.3, 0.4) is 0 Å². The fraction of sp³-hybridized carbons (Fsp3) is 0.115. The number of carbonyl (C=O) groups is 3. The highest BCUT2D eigenvalue weighted by Gasteiger charge is 2.39. The molecule has 3 amide bonds. The molecule has 0 fully saturated rings. The summed E-state index contributed by atoms with van der Waals surface area (Å²) in [6.07, 6.45) is 0. The summed E-state index contributed by atoms with van der Waals surface area (Å²) in [7, 11) is 0. The first-order valence-electron chi connectivity index (χ1n) is 10.6. The van der Waals surface area contributed by atoms with E-state index in [1.165, 1.54) is 0 Å². The van der Waals surface area contributed by atoms with Gasteiger partial charge in [-0.2, -0.15) is 0 Å². The quantitative estimate of drug-likeness (QED) is 0.363. The number of anilines is 3. The van der Waals surface area contributed by atoms with E-state index in [0.29, 0.717) is 28.5 Å². The summed E-state index contributed by atoms with van der Waals surface area (Å²) < 4.78 is 0.905. The smallest absolute Gasteiger partial charge is 0.283 e. The summed E-state index contributed by atoms with van der Waals surface area (Å²) in [5.74, 6) is -1.15. The lowest BCUT2D eigenvalue weighted by atomic mass is 10.0. The minimum atomic E-state index is -0.601. The minimum Gasteiger partial charge on any atom is -0.350 e. The third kappa shape index (κ3) is 4.90. The number of nitrogens with one attached hydrogen (secondary N) is 2. The highest BCUT2D eigenvalue weighted by atomic mass is 79.9. The number of amides is 3. The molecule has 6 nitrogen and oxygen atoms in total. The SMILES string of the molecule is CC(C)c1ccc(N2C(=O)C(Cl)=C(Nc3cccc(C(=O)Nc4ccc(Br)cc4)c3)C2=O)cc1. The fourth-order valence-corrected chi connectivity index (χ4v) is 3.95. The summed E-state index contributed by atoms with van der Waals surface area (Å²) in [6, 6.07) is 21.0. The van der Waals surface area contributed by atoms with Crippen molar-refractivity contribution in [3.05, 3.63) is 99.1 Å². The van der Waals surface area contributed by atoms with Crippen molar-refractivity contribution in [3.63, 3.8) is 0 Å². The zero-order valence-electron chi connectivity index (χ0n) is 18.4. The van der Waals surface area contributed by atoms with Crippen LogP contribution in [-0.4, -0.2) is 17.7 Å². The Morgan fingerprint density at radius 1 is 0.912 bits per heavy atom. The largest absolute Gasteiger partial charge is 0.350 e. The van der Waals surface area contributed by atoms with Gasteiger partial charge in [-0.1, -0.05) is 59.6 Å². The van der Waals surface area contributed by atoms with Crippen LogP contribution in [0.25, 0.3) is 0 Å². The second-order valence-corrected chi connectivity index (χ2v) is 9.34. The average molecular weight is 539 g/mol. The van der Waals surface area contributed by atoms with E-state index in [1.807, 2.05) is 24.3 Å². The summed E-state index contributed by atoms with van der Waals surface area (Å²) in [5.41, 5.74) is 2.98. The molecule has 8 heteroatoms. The van der Waals surface area contributed by atoms with Gasteiger partial charge in [0.1, 0.15) is 10.7 Å². The molecule has 0 bridgehead atoms. The van der Waals surface area contributed by atoms with E-state index in [4.69, 9.17) is 11.6 Å². The van der Waals surface area contributed by atoms with Gasteiger partial charge in [-0.25, -0.2) is 4.90 Å². The van der Waals surface area contributed by atoms with Crippen molar-refractivity contribution >= 4 is 62.3 Å². The predicted octanol–water partition coefficient (Wildman–Crippen LogP) is 6.26. The minimum absolute atomic E-state index is 0.0370. The van der Waals surface area contributed by atoms with Crippen LogP contribution in [-0.2, 0) is 9.59 Å². The highest BCUT2D eigenvalue weighted by Crippen LogP contribution is 2.31. The molecule has 0 unspecified atom stereocenters. The molecule has 0 spiro atoms. The van der Waals surface area contributed by atoms with E-state index in [-0.39, 0.29) is 16.6 Å². The Bertz CT molecular complexity index is 1300. The van der Waals surface area contributed by atoms with Crippen LogP contribution in [0.5, 0.6) is 0 Å². The summed E-state index contributed by atoms with van der Waals surface area (Å²) >= 11 is 9.60. The van der Waals surface area contributed by atoms with Gasteiger partial charge < -0.3 is 10.6 Å². The lowest BCUT2D eigenvalue weighted by molar-refractivity contribution is -0.120. The van der Waals surface area contributed by atoms with E-state index in [1.54, 1.807) is 48.5 Å². The van der Waals surface area contributed by atoms with Gasteiger partial charge >= 0.3 is 0 Å². The maximum Gasteiger partial charge on any atom is 0.283 e. The van der Waals surface area contributed by atoms with Crippen molar-refractivity contribution in [2.45, 2.75) is 19.8 Å². The Hall–Kier alpha value is -3.42. The van der Waals surface area contributed by atoms with E-state index in [0.717, 1.165) is 14.9 Å². The maximum atomic E-state index is 13.1. The van der Waals surface area contributed by atoms with E-state index in [2.05, 4.69) is 40.4 Å². The monoisotopic (exact) mass is 537 g/mol. The number of imide groups is 1. The van der Waals surface area contributed by atoms with Gasteiger partial charge in [0.2, 0.25) is 0 Å². The summed E-state index contributed by atoms with van der Waals surface area (Å²) in [5, 5.41) is 5.53. The zero-order chi connectivity index (χ0) is 24.4. The van der Waals surface area contributed by atoms with Gasteiger partial charge in [-0.15, -0.1) is 0 Å². The molecule has 1 aliphatic heterocycles. The van der Waals surface area contributed by atoms with E-state index in [9.17, 15) is 14.4 Å². The zero-order valence-corrected chi connectivity index (χ0v) is 20.8. The van der Waals surface area contributed by atoms with Crippen molar-refractivity contribution in [1.82, 2.24) is 0 Å². The molecule has 0 aliphatic carbocycles. The number of carbonyl (C=O) groups excluding carboxylic acids is 3. The third-order valence-electron chi connectivity index (χ3n) is 5.34. The maximum absolute atomic E-state index is 13.1. The van der Waals surface area contributed by atoms with Gasteiger partial charge in [-0.05, 0) is 66.1 Å². The van der Waals surface area contributed by atoms with Crippen molar-refractivity contribution in [2.24, 2.45) is 0 Å². The first kappa shape index (κ1) is 23.7. The molecule has 34 heavy (non-hydrogen) atoms. The number of hydrogen-bond acceptors (Lipinski definition) is 4. The van der Waals surface area contributed by atoms with Crippen LogP contribution in [0.4, 0.5) is 17.1 Å². The van der Waals surface area contributed by atoms with Crippen molar-refractivity contribution in [3.8, 4) is 0 Å². The standard InChI is InChI=1S/C26H21BrClN3O3/c1-15(2)16-6-12-21(13-7-16)31-25(33)22(28)23(26(31)34)29-20-5-3-4-17(14-20)24(32)30-19-10-8-18(27)9-11-19/h3-15,29H,1-2H3,(H,30,32). The van der Waals surface area contributed by atoms with E-state index < -0.39 is 11.8 Å². The van der Waals surface area contributed by atoms with Gasteiger partial charge in [0.25, 0.3) is 17.7 Å². The molecule has 0 radical (unpaired) electrons. The number of nitrogens with zero attached hydrogens (tertiary/aromatic N) is 1. The van der Waals surface area contributed by atoms with Crippen LogP contribution in [0.15, 0.2) is 88.0 Å². The molecular formula is C26H21BrClN3O3. The molecule has 1 heterocycles. The Kier molecular flexibility index (Phi) is 6.86. The van der Waals surface area contributed by atoms with Crippen LogP contribution in [0.1, 0.15) is 35.7 Å². The van der Waals surface area contributed by atoms with Crippen LogP contribution >= 0.6 is 27.5 Å². The lowest BCUT2D eigenvalue weighted by Crippen LogP contribution is -2.32. The molecular weight excluding hydrogens is 518 g/mol. The van der Waals surface area contributed by atoms with Crippen molar-refractivity contribution in [2.75, 3.05) is 15.5 Å². The molecule has 1 aliphatic rings. The first-order chi connectivity index (χ1) is 16.2. The number of rotatable bonds is 6. The average Bonchev–Trinajstić information content (AvgIpc) is 3.04. The van der Waals surface area contributed by atoms with Crippen molar-refractivity contribution < 1.29 is 14.4 Å².